The van der Waals surface area contributed by atoms with Crippen LogP contribution in [0.3, 0.4) is 0 Å². The van der Waals surface area contributed by atoms with Crippen LogP contribution in [0.25, 0.3) is 16.9 Å². The Kier molecular flexibility index (Phi) is 7.34. The number of rotatable bonds is 7. The number of ether oxygens (including phenoxy) is 1. The van der Waals surface area contributed by atoms with E-state index < -0.39 is 0 Å². The predicted molar refractivity (Wildman–Crippen MR) is 150 cm³/mol. The largest absolute Gasteiger partial charge is 0.497 e. The van der Waals surface area contributed by atoms with Gasteiger partial charge in [0.05, 0.1) is 29.5 Å². The number of nitrogens with one attached hydrogen (secondary N) is 1. The molecule has 2 aromatic carbocycles. The summed E-state index contributed by atoms with van der Waals surface area (Å²) < 4.78 is 7.15. The summed E-state index contributed by atoms with van der Waals surface area (Å²) in [7, 11) is 1.62. The Balaban J connectivity index is 1.77. The van der Waals surface area contributed by atoms with Crippen LogP contribution >= 0.6 is 23.1 Å². The first-order chi connectivity index (χ1) is 18.0. The Hall–Kier alpha value is -3.56. The average molecular weight is 533 g/mol. The molecule has 7 nitrogen and oxygen atoms in total. The molecule has 1 aliphatic rings. The summed E-state index contributed by atoms with van der Waals surface area (Å²) in [6.45, 7) is 3.73. The highest BCUT2D eigenvalue weighted by Gasteiger charge is 2.38. The summed E-state index contributed by atoms with van der Waals surface area (Å²) >= 11 is 3.23. The van der Waals surface area contributed by atoms with Gasteiger partial charge in [-0.25, -0.2) is 4.68 Å². The molecule has 2 amide bonds. The fourth-order valence-electron chi connectivity index (χ4n) is 4.41. The Labute approximate surface area is 224 Å². The first-order valence-electron chi connectivity index (χ1n) is 12.0. The first kappa shape index (κ1) is 25.1. The predicted octanol–water partition coefficient (Wildman–Crippen LogP) is 5.30. The van der Waals surface area contributed by atoms with Gasteiger partial charge in [-0.05, 0) is 49.6 Å². The van der Waals surface area contributed by atoms with Crippen LogP contribution in [0.2, 0.25) is 0 Å². The van der Waals surface area contributed by atoms with Crippen molar-refractivity contribution in [1.29, 1.82) is 0 Å². The monoisotopic (exact) mass is 532 g/mol. The number of thiophene rings is 1. The van der Waals surface area contributed by atoms with Crippen molar-refractivity contribution in [3.05, 3.63) is 82.6 Å². The molecular formula is C28H28N4O3S2. The zero-order chi connectivity index (χ0) is 25.9. The standard InChI is InChI=1S/C28H28N4O3S2/c1-18(2)29-23(33)16-31-24(34)17-37-27(22-10-7-15-36-22)25-26(19-8-5-4-6-9-19)30-32(28(25)31)20-11-13-21(35-3)14-12-20/h4-15,18,27H,16-17H2,1-3H3,(H,29,33)/t27-/m0/s1. The Morgan fingerprint density at radius 3 is 2.51 bits per heavy atom. The lowest BCUT2D eigenvalue weighted by Gasteiger charge is -2.23. The maximum absolute atomic E-state index is 13.6. The number of hydrogen-bond donors (Lipinski definition) is 1. The lowest BCUT2D eigenvalue weighted by atomic mass is 10.0. The zero-order valence-electron chi connectivity index (χ0n) is 20.9. The maximum Gasteiger partial charge on any atom is 0.240 e. The third-order valence-corrected chi connectivity index (χ3v) is 8.33. The van der Waals surface area contributed by atoms with Crippen molar-refractivity contribution >= 4 is 40.7 Å². The number of benzene rings is 2. The fourth-order valence-corrected chi connectivity index (χ4v) is 6.58. The van der Waals surface area contributed by atoms with E-state index in [4.69, 9.17) is 9.84 Å². The number of thioether (sulfide) groups is 1. The van der Waals surface area contributed by atoms with Gasteiger partial charge < -0.3 is 10.1 Å². The first-order valence-corrected chi connectivity index (χ1v) is 14.0. The minimum absolute atomic E-state index is 0.0336. The molecular weight excluding hydrogens is 504 g/mol. The van der Waals surface area contributed by atoms with Crippen molar-refractivity contribution < 1.29 is 14.3 Å². The van der Waals surface area contributed by atoms with Crippen LogP contribution in [0.15, 0.2) is 72.1 Å². The van der Waals surface area contributed by atoms with E-state index in [1.54, 1.807) is 39.8 Å². The van der Waals surface area contributed by atoms with Crippen molar-refractivity contribution in [3.63, 3.8) is 0 Å². The van der Waals surface area contributed by atoms with Crippen LogP contribution in [0.1, 0.15) is 29.5 Å². The van der Waals surface area contributed by atoms with Gasteiger partial charge >= 0.3 is 0 Å². The van der Waals surface area contributed by atoms with E-state index in [0.717, 1.165) is 33.1 Å². The minimum Gasteiger partial charge on any atom is -0.497 e. The zero-order valence-corrected chi connectivity index (χ0v) is 22.5. The van der Waals surface area contributed by atoms with Crippen LogP contribution in [-0.4, -0.2) is 47.0 Å². The molecule has 2 aromatic heterocycles. The van der Waals surface area contributed by atoms with Crippen LogP contribution in [-0.2, 0) is 9.59 Å². The van der Waals surface area contributed by atoms with Gasteiger partial charge in [-0.1, -0.05) is 36.4 Å². The highest BCUT2D eigenvalue weighted by atomic mass is 32.2. The Morgan fingerprint density at radius 2 is 1.86 bits per heavy atom. The van der Waals surface area contributed by atoms with Gasteiger partial charge in [0.15, 0.2) is 0 Å². The highest BCUT2D eigenvalue weighted by Crippen LogP contribution is 2.49. The molecule has 5 rings (SSSR count). The second-order valence-electron chi connectivity index (χ2n) is 8.97. The van der Waals surface area contributed by atoms with Gasteiger partial charge in [0.2, 0.25) is 11.8 Å². The molecule has 0 unspecified atom stereocenters. The van der Waals surface area contributed by atoms with Gasteiger partial charge in [-0.3, -0.25) is 14.5 Å². The number of fused-ring (bicyclic) bond motifs is 1. The van der Waals surface area contributed by atoms with Crippen LogP contribution in [0.5, 0.6) is 5.75 Å². The molecule has 1 N–H and O–H groups in total. The molecule has 190 valence electrons. The number of aromatic nitrogens is 2. The average Bonchev–Trinajstić information content (AvgIpc) is 3.54. The molecule has 9 heteroatoms. The Morgan fingerprint density at radius 1 is 1.11 bits per heavy atom. The number of anilines is 1. The lowest BCUT2D eigenvalue weighted by Crippen LogP contribution is -2.44. The summed E-state index contributed by atoms with van der Waals surface area (Å²) in [5.74, 6) is 1.26. The van der Waals surface area contributed by atoms with Gasteiger partial charge in [-0.2, -0.15) is 5.10 Å². The van der Waals surface area contributed by atoms with Crippen LogP contribution < -0.4 is 15.0 Å². The third kappa shape index (κ3) is 5.14. The molecule has 0 bridgehead atoms. The lowest BCUT2D eigenvalue weighted by molar-refractivity contribution is -0.123. The molecule has 1 atom stereocenters. The van der Waals surface area contributed by atoms with Crippen molar-refractivity contribution in [2.24, 2.45) is 0 Å². The van der Waals surface area contributed by atoms with E-state index in [1.165, 1.54) is 0 Å². The molecule has 37 heavy (non-hydrogen) atoms. The van der Waals surface area contributed by atoms with Crippen LogP contribution in [0, 0.1) is 0 Å². The molecule has 0 aliphatic carbocycles. The van der Waals surface area contributed by atoms with Gasteiger partial charge in [-0.15, -0.1) is 23.1 Å². The molecule has 0 saturated carbocycles. The van der Waals surface area contributed by atoms with E-state index >= 15 is 0 Å². The van der Waals surface area contributed by atoms with Crippen molar-refractivity contribution in [3.8, 4) is 22.7 Å². The van der Waals surface area contributed by atoms with Crippen molar-refractivity contribution in [2.75, 3.05) is 24.3 Å². The molecule has 4 aromatic rings. The van der Waals surface area contributed by atoms with E-state index in [9.17, 15) is 9.59 Å². The number of carbonyl (C=O) groups is 2. The van der Waals surface area contributed by atoms with Crippen molar-refractivity contribution in [2.45, 2.75) is 25.1 Å². The van der Waals surface area contributed by atoms with Crippen LogP contribution in [0.4, 0.5) is 5.82 Å². The summed E-state index contributed by atoms with van der Waals surface area (Å²) in [6, 6.07) is 21.6. The molecule has 0 spiro atoms. The SMILES string of the molecule is COc1ccc(-n2nc(-c3ccccc3)c3c2N(CC(=O)NC(C)C)C(=O)CS[C@H]3c2cccs2)cc1. The number of nitrogens with zero attached hydrogens (tertiary/aromatic N) is 3. The quantitative estimate of drug-likeness (QED) is 0.349. The van der Waals surface area contributed by atoms with E-state index in [2.05, 4.69) is 11.4 Å². The highest BCUT2D eigenvalue weighted by molar-refractivity contribution is 8.00. The van der Waals surface area contributed by atoms with Gasteiger partial charge in [0.1, 0.15) is 18.1 Å². The molecule has 1 aliphatic heterocycles. The second kappa shape index (κ2) is 10.8. The summed E-state index contributed by atoms with van der Waals surface area (Å²) in [6.07, 6.45) is 0. The van der Waals surface area contributed by atoms with Gasteiger partial charge in [0.25, 0.3) is 0 Å². The molecule has 0 saturated heterocycles. The number of carbonyl (C=O) groups excluding carboxylic acids is 2. The van der Waals surface area contributed by atoms with Crippen molar-refractivity contribution in [1.82, 2.24) is 15.1 Å². The number of amides is 2. The van der Waals surface area contributed by atoms with Gasteiger partial charge in [0, 0.05) is 22.0 Å². The maximum atomic E-state index is 13.6. The third-order valence-electron chi connectivity index (χ3n) is 6.01. The normalized spacial score (nSPS) is 15.4. The molecule has 3 heterocycles. The fraction of sp³-hybridized carbons (Fsp3) is 0.250. The summed E-state index contributed by atoms with van der Waals surface area (Å²) in [5.41, 5.74) is 3.45. The second-order valence-corrected chi connectivity index (χ2v) is 11.0. The molecule has 0 radical (unpaired) electrons. The van der Waals surface area contributed by atoms with E-state index in [1.807, 2.05) is 79.9 Å². The molecule has 0 fully saturated rings. The van der Waals surface area contributed by atoms with E-state index in [-0.39, 0.29) is 35.4 Å². The summed E-state index contributed by atoms with van der Waals surface area (Å²) in [5, 5.41) is 9.95. The van der Waals surface area contributed by atoms with E-state index in [0.29, 0.717) is 5.82 Å². The number of methoxy groups -OCH3 is 1. The Bertz CT molecular complexity index is 1380. The minimum atomic E-state index is -0.211. The topological polar surface area (TPSA) is 76.5 Å². The smallest absolute Gasteiger partial charge is 0.240 e. The number of hydrogen-bond acceptors (Lipinski definition) is 6. The summed E-state index contributed by atoms with van der Waals surface area (Å²) in [4.78, 5) is 29.3.